The van der Waals surface area contributed by atoms with E-state index in [1.54, 1.807) is 11.4 Å². The average molecular weight is 429 g/mol. The lowest BCUT2D eigenvalue weighted by atomic mass is 10.1. The molecule has 0 aliphatic carbocycles. The fourth-order valence-electron chi connectivity index (χ4n) is 2.43. The lowest BCUT2D eigenvalue weighted by Crippen LogP contribution is -2.23. The van der Waals surface area contributed by atoms with Gasteiger partial charge in [-0.25, -0.2) is 26.9 Å². The number of nitrogens with zero attached hydrogens (tertiary/aromatic N) is 1. The Labute approximate surface area is 165 Å². The summed E-state index contributed by atoms with van der Waals surface area (Å²) in [6.07, 6.45) is 0.872. The largest absolute Gasteiger partial charge is 0.250 e. The van der Waals surface area contributed by atoms with Crippen molar-refractivity contribution in [2.45, 2.75) is 31.0 Å². The van der Waals surface area contributed by atoms with Crippen molar-refractivity contribution >= 4 is 32.7 Å². The van der Waals surface area contributed by atoms with Crippen LogP contribution in [0, 0.1) is 17.6 Å². The first-order valence-electron chi connectivity index (χ1n) is 8.21. The van der Waals surface area contributed by atoms with Crippen LogP contribution in [0.15, 0.2) is 39.2 Å². The molecule has 9 heteroatoms. The molecule has 1 N–H and O–H groups in total. The monoisotopic (exact) mass is 428 g/mol. The zero-order chi connectivity index (χ0) is 19.6. The highest BCUT2D eigenvalue weighted by atomic mass is 32.2. The summed E-state index contributed by atoms with van der Waals surface area (Å²) >= 11 is 2.56. The lowest BCUT2D eigenvalue weighted by Gasteiger charge is -2.06. The van der Waals surface area contributed by atoms with E-state index in [0.29, 0.717) is 5.92 Å². The van der Waals surface area contributed by atoms with Gasteiger partial charge < -0.3 is 0 Å². The Hall–Kier alpha value is -1.68. The summed E-state index contributed by atoms with van der Waals surface area (Å²) in [4.78, 5) is 4.55. The third-order valence-corrected chi connectivity index (χ3v) is 7.51. The summed E-state index contributed by atoms with van der Waals surface area (Å²) in [6.45, 7) is 3.98. The first kappa shape index (κ1) is 20.1. The van der Waals surface area contributed by atoms with E-state index in [1.165, 1.54) is 17.4 Å². The van der Waals surface area contributed by atoms with Crippen molar-refractivity contribution in [3.8, 4) is 10.6 Å². The number of nitrogens with one attached hydrogen (secondary N) is 1. The molecule has 27 heavy (non-hydrogen) atoms. The molecule has 0 saturated heterocycles. The molecule has 2 aromatic heterocycles. The SMILES string of the molecule is CC(C)Cc1csc(-c2csc(S(=O)(=O)NCc3ccc(F)cc3F)c2)n1. The number of hydrogen-bond acceptors (Lipinski definition) is 5. The second kappa shape index (κ2) is 8.14. The number of sulfonamides is 1. The number of hydrogen-bond donors (Lipinski definition) is 1. The third-order valence-electron chi connectivity index (χ3n) is 3.72. The molecular formula is C18H18F2N2O2S3. The van der Waals surface area contributed by atoms with Crippen molar-refractivity contribution in [2.75, 3.05) is 0 Å². The normalized spacial score (nSPS) is 12.0. The highest BCUT2D eigenvalue weighted by molar-refractivity contribution is 7.91. The maximum Gasteiger partial charge on any atom is 0.250 e. The van der Waals surface area contributed by atoms with Crippen LogP contribution < -0.4 is 4.72 Å². The van der Waals surface area contributed by atoms with Crippen LogP contribution in [-0.4, -0.2) is 13.4 Å². The lowest BCUT2D eigenvalue weighted by molar-refractivity contribution is 0.563. The van der Waals surface area contributed by atoms with E-state index in [4.69, 9.17) is 0 Å². The van der Waals surface area contributed by atoms with Crippen LogP contribution >= 0.6 is 22.7 Å². The van der Waals surface area contributed by atoms with E-state index in [-0.39, 0.29) is 16.3 Å². The van der Waals surface area contributed by atoms with Gasteiger partial charge in [0.1, 0.15) is 20.9 Å². The molecule has 0 radical (unpaired) electrons. The molecule has 0 atom stereocenters. The summed E-state index contributed by atoms with van der Waals surface area (Å²) in [7, 11) is -3.80. The molecule has 4 nitrogen and oxygen atoms in total. The minimum absolute atomic E-state index is 0.0787. The van der Waals surface area contributed by atoms with Gasteiger partial charge in [-0.15, -0.1) is 22.7 Å². The highest BCUT2D eigenvalue weighted by Crippen LogP contribution is 2.31. The van der Waals surface area contributed by atoms with Crippen LogP contribution in [0.4, 0.5) is 8.78 Å². The minimum atomic E-state index is -3.80. The Morgan fingerprint density at radius 1 is 1.15 bits per heavy atom. The fraction of sp³-hybridized carbons (Fsp3) is 0.278. The van der Waals surface area contributed by atoms with Crippen LogP contribution in [0.1, 0.15) is 25.1 Å². The van der Waals surface area contributed by atoms with E-state index >= 15 is 0 Å². The third kappa shape index (κ3) is 4.98. The zero-order valence-corrected chi connectivity index (χ0v) is 17.1. The predicted octanol–water partition coefficient (Wildman–Crippen LogP) is 4.83. The van der Waals surface area contributed by atoms with Crippen molar-refractivity contribution in [2.24, 2.45) is 5.92 Å². The molecule has 3 aromatic rings. The van der Waals surface area contributed by atoms with Gasteiger partial charge in [0.15, 0.2) is 0 Å². The van der Waals surface area contributed by atoms with Gasteiger partial charge in [0.25, 0.3) is 0 Å². The molecule has 3 rings (SSSR count). The maximum absolute atomic E-state index is 13.7. The van der Waals surface area contributed by atoms with Gasteiger partial charge in [0, 0.05) is 34.5 Å². The molecule has 0 unspecified atom stereocenters. The molecule has 1 aromatic carbocycles. The molecule has 0 amide bonds. The summed E-state index contributed by atoms with van der Waals surface area (Å²) in [5, 5.41) is 4.50. The Morgan fingerprint density at radius 3 is 2.63 bits per heavy atom. The Bertz CT molecular complexity index is 1040. The molecule has 144 valence electrons. The first-order chi connectivity index (χ1) is 12.7. The Balaban J connectivity index is 1.73. The van der Waals surface area contributed by atoms with E-state index < -0.39 is 21.7 Å². The van der Waals surface area contributed by atoms with Gasteiger partial charge in [-0.3, -0.25) is 0 Å². The average Bonchev–Trinajstić information content (AvgIpc) is 3.22. The number of halogens is 2. The van der Waals surface area contributed by atoms with Crippen molar-refractivity contribution in [3.63, 3.8) is 0 Å². The van der Waals surface area contributed by atoms with Crippen molar-refractivity contribution in [1.82, 2.24) is 9.71 Å². The summed E-state index contributed by atoms with van der Waals surface area (Å²) in [5.41, 5.74) is 1.81. The van der Waals surface area contributed by atoms with E-state index in [2.05, 4.69) is 23.6 Å². The molecule has 0 aliphatic heterocycles. The van der Waals surface area contributed by atoms with Crippen LogP contribution in [0.2, 0.25) is 0 Å². The molecule has 0 spiro atoms. The number of thiazole rings is 1. The van der Waals surface area contributed by atoms with Gasteiger partial charge in [-0.2, -0.15) is 0 Å². The zero-order valence-electron chi connectivity index (χ0n) is 14.7. The maximum atomic E-state index is 13.7. The second-order valence-corrected chi connectivity index (χ2v) is 10.2. The second-order valence-electron chi connectivity index (χ2n) is 6.46. The molecule has 2 heterocycles. The van der Waals surface area contributed by atoms with Crippen LogP contribution in [0.3, 0.4) is 0 Å². The number of rotatable bonds is 7. The van der Waals surface area contributed by atoms with Crippen LogP contribution in [-0.2, 0) is 23.0 Å². The smallest absolute Gasteiger partial charge is 0.241 e. The quantitative estimate of drug-likeness (QED) is 0.587. The predicted molar refractivity (Wildman–Crippen MR) is 104 cm³/mol. The van der Waals surface area contributed by atoms with Crippen molar-refractivity contribution < 1.29 is 17.2 Å². The topological polar surface area (TPSA) is 59.1 Å². The van der Waals surface area contributed by atoms with Gasteiger partial charge in [-0.1, -0.05) is 19.9 Å². The van der Waals surface area contributed by atoms with E-state index in [9.17, 15) is 17.2 Å². The number of benzene rings is 1. The minimum Gasteiger partial charge on any atom is -0.241 e. The van der Waals surface area contributed by atoms with E-state index in [1.807, 2.05) is 5.38 Å². The molecule has 0 aliphatic rings. The fourth-order valence-corrected chi connectivity index (χ4v) is 5.54. The van der Waals surface area contributed by atoms with Gasteiger partial charge in [0.05, 0.1) is 5.69 Å². The highest BCUT2D eigenvalue weighted by Gasteiger charge is 2.19. The molecule has 0 saturated carbocycles. The standard InChI is InChI=1S/C18H18F2N2O2S3/c1-11(2)5-15-10-26-18(22-15)13-6-17(25-9-13)27(23,24)21-8-12-3-4-14(19)7-16(12)20/h3-4,6-7,9-11,21H,5,8H2,1-2H3. The van der Waals surface area contributed by atoms with Crippen LogP contribution in [0.25, 0.3) is 10.6 Å². The molecular weight excluding hydrogens is 410 g/mol. The number of thiophene rings is 1. The van der Waals surface area contributed by atoms with E-state index in [0.717, 1.165) is 46.2 Å². The van der Waals surface area contributed by atoms with Gasteiger partial charge in [-0.05, 0) is 24.5 Å². The molecule has 0 fully saturated rings. The summed E-state index contributed by atoms with van der Waals surface area (Å²) in [6, 6.07) is 4.60. The van der Waals surface area contributed by atoms with Gasteiger partial charge in [0.2, 0.25) is 10.0 Å². The molecule has 0 bridgehead atoms. The van der Waals surface area contributed by atoms with Crippen LogP contribution in [0.5, 0.6) is 0 Å². The number of aromatic nitrogens is 1. The first-order valence-corrected chi connectivity index (χ1v) is 11.5. The summed E-state index contributed by atoms with van der Waals surface area (Å²) in [5.74, 6) is -0.998. The summed E-state index contributed by atoms with van der Waals surface area (Å²) < 4.78 is 54.0. The Kier molecular flexibility index (Phi) is 6.05. The van der Waals surface area contributed by atoms with Crippen molar-refractivity contribution in [1.29, 1.82) is 0 Å². The van der Waals surface area contributed by atoms with Crippen molar-refractivity contribution in [3.05, 3.63) is 57.9 Å². The Morgan fingerprint density at radius 2 is 1.93 bits per heavy atom. The van der Waals surface area contributed by atoms with Gasteiger partial charge >= 0.3 is 0 Å².